The van der Waals surface area contributed by atoms with Crippen molar-refractivity contribution in [1.82, 2.24) is 15.5 Å². The molecule has 0 saturated carbocycles. The lowest BCUT2D eigenvalue weighted by Crippen LogP contribution is -2.59. The summed E-state index contributed by atoms with van der Waals surface area (Å²) in [5, 5.41) is 5.54. The molecule has 11 heteroatoms. The van der Waals surface area contributed by atoms with Gasteiger partial charge in [0.05, 0.1) is 30.8 Å². The smallest absolute Gasteiger partial charge is 0.287 e. The monoisotopic (exact) mass is 572 g/mol. The number of Topliss-reactive ketones (excluding diaryl/α,β-unsaturated/α-hetero) is 1. The zero-order valence-corrected chi connectivity index (χ0v) is 25.0. The van der Waals surface area contributed by atoms with E-state index in [1.807, 2.05) is 59.7 Å². The van der Waals surface area contributed by atoms with Crippen LogP contribution in [0.3, 0.4) is 0 Å². The van der Waals surface area contributed by atoms with Crippen LogP contribution >= 0.6 is 0 Å². The van der Waals surface area contributed by atoms with Gasteiger partial charge in [-0.25, -0.2) is 0 Å². The first-order chi connectivity index (χ1) is 19.1. The van der Waals surface area contributed by atoms with Gasteiger partial charge in [0.2, 0.25) is 23.5 Å². The number of benzene rings is 1. The SMILES string of the molecule is CCCC(NC(=O)[C@@H]1C[C@@H]2CN1C(=O)[C@H](C(C)(C)C)NC(=O)Cc1cccc(c1)OCCC(C)(C)O2)C(=O)C(N)=O. The number of primary amides is 1. The summed E-state index contributed by atoms with van der Waals surface area (Å²) in [6.07, 6.45) is 1.02. The molecule has 4 amide bonds. The first-order valence-corrected chi connectivity index (χ1v) is 14.2. The predicted octanol–water partition coefficient (Wildman–Crippen LogP) is 1.65. The molecule has 0 aliphatic carbocycles. The van der Waals surface area contributed by atoms with Crippen molar-refractivity contribution in [1.29, 1.82) is 0 Å². The molecule has 2 heterocycles. The average Bonchev–Trinajstić information content (AvgIpc) is 3.28. The molecule has 0 spiro atoms. The number of ether oxygens (including phenoxy) is 2. The number of ketones is 1. The van der Waals surface area contributed by atoms with Gasteiger partial charge in [0.1, 0.15) is 17.8 Å². The zero-order valence-electron chi connectivity index (χ0n) is 25.0. The van der Waals surface area contributed by atoms with Crippen molar-refractivity contribution >= 4 is 29.4 Å². The molecule has 1 unspecified atom stereocenters. The lowest BCUT2D eigenvalue weighted by molar-refractivity contribution is -0.145. The Bertz CT molecular complexity index is 1160. The summed E-state index contributed by atoms with van der Waals surface area (Å²) in [6, 6.07) is 4.26. The summed E-state index contributed by atoms with van der Waals surface area (Å²) < 4.78 is 12.4. The third kappa shape index (κ3) is 8.51. The lowest BCUT2D eigenvalue weighted by atomic mass is 9.85. The molecule has 3 rings (SSSR count). The van der Waals surface area contributed by atoms with Crippen molar-refractivity contribution in [2.75, 3.05) is 13.2 Å². The second-order valence-corrected chi connectivity index (χ2v) is 12.6. The van der Waals surface area contributed by atoms with Crippen molar-refractivity contribution in [2.24, 2.45) is 11.1 Å². The van der Waals surface area contributed by atoms with Crippen LogP contribution in [0.25, 0.3) is 0 Å². The quantitative estimate of drug-likeness (QED) is 0.438. The van der Waals surface area contributed by atoms with Gasteiger partial charge in [0.15, 0.2) is 0 Å². The van der Waals surface area contributed by atoms with E-state index in [1.165, 1.54) is 4.90 Å². The molecule has 4 atom stereocenters. The average molecular weight is 573 g/mol. The van der Waals surface area contributed by atoms with Crippen LogP contribution in [0.5, 0.6) is 5.75 Å². The highest BCUT2D eigenvalue weighted by Crippen LogP contribution is 2.30. The van der Waals surface area contributed by atoms with Gasteiger partial charge in [0, 0.05) is 19.4 Å². The molecule has 1 saturated heterocycles. The molecule has 226 valence electrons. The maximum atomic E-state index is 14.1. The Labute approximate surface area is 241 Å². The summed E-state index contributed by atoms with van der Waals surface area (Å²) in [7, 11) is 0. The Kier molecular flexibility index (Phi) is 10.2. The molecule has 4 bridgehead atoms. The summed E-state index contributed by atoms with van der Waals surface area (Å²) in [4.78, 5) is 66.2. The standard InChI is InChI=1S/C30H44N4O7/c1-7-9-21(24(36)26(31)37)32-27(38)22-16-20-17-34(22)28(39)25(29(2,3)4)33-23(35)15-18-10-8-11-19(14-18)40-13-12-30(5,6)41-20/h8,10-11,14,20-22,25H,7,9,12-13,15-17H2,1-6H3,(H2,31,37)(H,32,38)(H,33,35)/t20-,21?,22+,25-/m1/s1. The number of carbonyl (C=O) groups excluding carboxylic acids is 5. The largest absolute Gasteiger partial charge is 0.493 e. The molecule has 2 aliphatic rings. The third-order valence-electron chi connectivity index (χ3n) is 7.44. The summed E-state index contributed by atoms with van der Waals surface area (Å²) in [6.45, 7) is 11.7. The minimum absolute atomic E-state index is 0.0477. The van der Waals surface area contributed by atoms with Crippen LogP contribution in [0.4, 0.5) is 0 Å². The number of hydrogen-bond acceptors (Lipinski definition) is 7. The van der Waals surface area contributed by atoms with Gasteiger partial charge in [-0.3, -0.25) is 24.0 Å². The van der Waals surface area contributed by atoms with E-state index in [0.717, 1.165) is 5.56 Å². The van der Waals surface area contributed by atoms with E-state index >= 15 is 0 Å². The van der Waals surface area contributed by atoms with E-state index in [4.69, 9.17) is 15.2 Å². The number of fused-ring (bicyclic) bond motifs is 4. The number of carbonyl (C=O) groups is 5. The zero-order chi connectivity index (χ0) is 30.5. The van der Waals surface area contributed by atoms with E-state index in [1.54, 1.807) is 6.07 Å². The second-order valence-electron chi connectivity index (χ2n) is 12.6. The highest BCUT2D eigenvalue weighted by atomic mass is 16.5. The van der Waals surface area contributed by atoms with Gasteiger partial charge in [-0.05, 0) is 43.4 Å². The van der Waals surface area contributed by atoms with Crippen LogP contribution in [0, 0.1) is 5.41 Å². The number of nitrogens with two attached hydrogens (primary N) is 1. The van der Waals surface area contributed by atoms with Gasteiger partial charge < -0.3 is 30.7 Å². The summed E-state index contributed by atoms with van der Waals surface area (Å²) in [5.41, 5.74) is 4.63. The molecule has 0 radical (unpaired) electrons. The van der Waals surface area contributed by atoms with E-state index < -0.39 is 58.8 Å². The molecule has 2 aliphatic heterocycles. The van der Waals surface area contributed by atoms with E-state index in [2.05, 4.69) is 10.6 Å². The molecule has 1 fully saturated rings. The maximum Gasteiger partial charge on any atom is 0.287 e. The van der Waals surface area contributed by atoms with Crippen LogP contribution < -0.4 is 21.1 Å². The third-order valence-corrected chi connectivity index (χ3v) is 7.44. The van der Waals surface area contributed by atoms with Gasteiger partial charge in [-0.1, -0.05) is 46.2 Å². The van der Waals surface area contributed by atoms with E-state index in [9.17, 15) is 24.0 Å². The van der Waals surface area contributed by atoms with Crippen LogP contribution in [0.2, 0.25) is 0 Å². The van der Waals surface area contributed by atoms with Crippen molar-refractivity contribution in [3.63, 3.8) is 0 Å². The Balaban J connectivity index is 1.97. The molecular weight excluding hydrogens is 528 g/mol. The molecular formula is C30H44N4O7. The topological polar surface area (TPSA) is 157 Å². The highest BCUT2D eigenvalue weighted by Gasteiger charge is 2.47. The molecule has 1 aromatic carbocycles. The van der Waals surface area contributed by atoms with E-state index in [0.29, 0.717) is 25.2 Å². The van der Waals surface area contributed by atoms with Crippen LogP contribution in [-0.4, -0.2) is 77.3 Å². The Morgan fingerprint density at radius 2 is 1.93 bits per heavy atom. The first-order valence-electron chi connectivity index (χ1n) is 14.2. The van der Waals surface area contributed by atoms with Crippen molar-refractivity contribution in [2.45, 2.75) is 103 Å². The fourth-order valence-electron chi connectivity index (χ4n) is 5.25. The van der Waals surface area contributed by atoms with Crippen LogP contribution in [0.1, 0.15) is 72.8 Å². The maximum absolute atomic E-state index is 14.1. The fourth-order valence-corrected chi connectivity index (χ4v) is 5.25. The number of nitrogens with zero attached hydrogens (tertiary/aromatic N) is 1. The molecule has 4 N–H and O–H groups in total. The number of nitrogens with one attached hydrogen (secondary N) is 2. The van der Waals surface area contributed by atoms with Crippen molar-refractivity contribution in [3.8, 4) is 5.75 Å². The summed E-state index contributed by atoms with van der Waals surface area (Å²) >= 11 is 0. The van der Waals surface area contributed by atoms with E-state index in [-0.39, 0.29) is 31.7 Å². The number of amides is 4. The minimum Gasteiger partial charge on any atom is -0.493 e. The van der Waals surface area contributed by atoms with Crippen molar-refractivity contribution < 1.29 is 33.4 Å². The van der Waals surface area contributed by atoms with Crippen LogP contribution in [0.15, 0.2) is 24.3 Å². The molecule has 0 aromatic heterocycles. The molecule has 1 aromatic rings. The van der Waals surface area contributed by atoms with Gasteiger partial charge >= 0.3 is 0 Å². The predicted molar refractivity (Wildman–Crippen MR) is 152 cm³/mol. The van der Waals surface area contributed by atoms with Gasteiger partial charge in [0.25, 0.3) is 5.91 Å². The minimum atomic E-state index is -1.13. The summed E-state index contributed by atoms with van der Waals surface area (Å²) in [5.74, 6) is -2.73. The van der Waals surface area contributed by atoms with Crippen LogP contribution in [-0.2, 0) is 35.1 Å². The normalized spacial score (nSPS) is 24.1. The first kappa shape index (κ1) is 32.0. The van der Waals surface area contributed by atoms with Gasteiger partial charge in [-0.15, -0.1) is 0 Å². The molecule has 41 heavy (non-hydrogen) atoms. The number of rotatable bonds is 6. The second kappa shape index (κ2) is 13.0. The highest BCUT2D eigenvalue weighted by molar-refractivity contribution is 6.37. The Morgan fingerprint density at radius 3 is 2.56 bits per heavy atom. The molecule has 11 nitrogen and oxygen atoms in total. The number of hydrogen-bond donors (Lipinski definition) is 3. The fraction of sp³-hybridized carbons (Fsp3) is 0.633. The Hall–Kier alpha value is -3.47. The Morgan fingerprint density at radius 1 is 1.22 bits per heavy atom. The lowest BCUT2D eigenvalue weighted by Gasteiger charge is -2.36. The van der Waals surface area contributed by atoms with Crippen molar-refractivity contribution in [3.05, 3.63) is 29.8 Å². The van der Waals surface area contributed by atoms with Gasteiger partial charge in [-0.2, -0.15) is 0 Å².